The van der Waals surface area contributed by atoms with Crippen molar-refractivity contribution < 1.29 is 27.1 Å². The van der Waals surface area contributed by atoms with Crippen LogP contribution in [0.1, 0.15) is 10.5 Å². The summed E-state index contributed by atoms with van der Waals surface area (Å²) < 4.78 is 67.1. The van der Waals surface area contributed by atoms with Crippen molar-refractivity contribution in [2.45, 2.75) is 18.1 Å². The zero-order chi connectivity index (χ0) is 19.9. The first-order valence-electron chi connectivity index (χ1n) is 8.42. The molecule has 2 fully saturated rings. The van der Waals surface area contributed by atoms with Crippen LogP contribution in [-0.4, -0.2) is 58.9 Å². The van der Waals surface area contributed by atoms with E-state index in [1.54, 1.807) is 4.90 Å². The zero-order valence-corrected chi connectivity index (χ0v) is 15.1. The summed E-state index contributed by atoms with van der Waals surface area (Å²) in [6.45, 7) is 0.159. The summed E-state index contributed by atoms with van der Waals surface area (Å²) in [5, 5.41) is 4.83. The van der Waals surface area contributed by atoms with Crippen molar-refractivity contribution in [2.75, 3.05) is 31.1 Å². The Morgan fingerprint density at radius 1 is 1.29 bits per heavy atom. The van der Waals surface area contributed by atoms with Gasteiger partial charge in [0, 0.05) is 12.6 Å². The van der Waals surface area contributed by atoms with E-state index in [1.807, 2.05) is 0 Å². The van der Waals surface area contributed by atoms with Gasteiger partial charge < -0.3 is 20.3 Å². The standard InChI is InChI=1S/C16H15F4N5O2S/c17-10-2-1-8(3-11(10)18)27-9-5-25(6-9)14-13(23-28-24-14)15(26)22-12-4-21-7-16(12,19)20/h1-3,9,12,21H,4-7H2,(H,22,26)/t12-/m0/s1. The van der Waals surface area contributed by atoms with Gasteiger partial charge in [0.15, 0.2) is 23.1 Å². The molecule has 2 saturated heterocycles. The lowest BCUT2D eigenvalue weighted by atomic mass is 10.1. The summed E-state index contributed by atoms with van der Waals surface area (Å²) in [7, 11) is 0. The molecule has 0 unspecified atom stereocenters. The van der Waals surface area contributed by atoms with Gasteiger partial charge in [0.2, 0.25) is 0 Å². The maximum atomic E-state index is 13.7. The molecular formula is C16H15F4N5O2S. The van der Waals surface area contributed by atoms with Gasteiger partial charge in [-0.1, -0.05) is 0 Å². The van der Waals surface area contributed by atoms with E-state index in [1.165, 1.54) is 6.07 Å². The Bertz CT molecular complexity index is 890. The minimum Gasteiger partial charge on any atom is -0.487 e. The van der Waals surface area contributed by atoms with Gasteiger partial charge in [0.05, 0.1) is 31.4 Å². The molecule has 2 aromatic rings. The molecule has 7 nitrogen and oxygen atoms in total. The van der Waals surface area contributed by atoms with E-state index in [0.717, 1.165) is 23.9 Å². The monoisotopic (exact) mass is 417 g/mol. The molecule has 1 aromatic heterocycles. The Morgan fingerprint density at radius 2 is 2.07 bits per heavy atom. The molecule has 1 atom stereocenters. The Morgan fingerprint density at radius 3 is 2.75 bits per heavy atom. The number of alkyl halides is 2. The van der Waals surface area contributed by atoms with Gasteiger partial charge in [0.25, 0.3) is 11.8 Å². The number of hydrogen-bond donors (Lipinski definition) is 2. The molecule has 2 aliphatic rings. The van der Waals surface area contributed by atoms with Crippen LogP contribution in [0.15, 0.2) is 18.2 Å². The van der Waals surface area contributed by atoms with E-state index in [2.05, 4.69) is 19.4 Å². The van der Waals surface area contributed by atoms with Gasteiger partial charge in [-0.15, -0.1) is 0 Å². The van der Waals surface area contributed by atoms with Crippen LogP contribution in [0.25, 0.3) is 0 Å². The van der Waals surface area contributed by atoms with Crippen molar-refractivity contribution in [1.82, 2.24) is 19.4 Å². The van der Waals surface area contributed by atoms with Gasteiger partial charge in [-0.25, -0.2) is 17.6 Å². The quantitative estimate of drug-likeness (QED) is 0.717. The van der Waals surface area contributed by atoms with Gasteiger partial charge in [-0.3, -0.25) is 4.79 Å². The van der Waals surface area contributed by atoms with Crippen LogP contribution in [0.5, 0.6) is 5.75 Å². The molecule has 12 heteroatoms. The number of nitrogens with one attached hydrogen (secondary N) is 2. The largest absolute Gasteiger partial charge is 0.487 e. The second-order valence-corrected chi connectivity index (χ2v) is 7.10. The van der Waals surface area contributed by atoms with E-state index >= 15 is 0 Å². The highest BCUT2D eigenvalue weighted by Gasteiger charge is 2.45. The van der Waals surface area contributed by atoms with E-state index < -0.39 is 36.1 Å². The summed E-state index contributed by atoms with van der Waals surface area (Å²) in [5.41, 5.74) is -0.0287. The van der Waals surface area contributed by atoms with Crippen LogP contribution in [0.2, 0.25) is 0 Å². The molecule has 2 aliphatic heterocycles. The zero-order valence-electron chi connectivity index (χ0n) is 14.3. The number of nitrogens with zero attached hydrogens (tertiary/aromatic N) is 3. The normalized spacial score (nSPS) is 21.4. The van der Waals surface area contributed by atoms with Crippen LogP contribution in [0, 0.1) is 11.6 Å². The van der Waals surface area contributed by atoms with Crippen molar-refractivity contribution in [3.63, 3.8) is 0 Å². The minimum atomic E-state index is -3.03. The highest BCUT2D eigenvalue weighted by Crippen LogP contribution is 2.28. The molecule has 0 bridgehead atoms. The van der Waals surface area contributed by atoms with Gasteiger partial charge in [-0.05, 0) is 12.1 Å². The Hall–Kier alpha value is -2.47. The lowest BCUT2D eigenvalue weighted by molar-refractivity contribution is -0.00251. The number of carbonyl (C=O) groups is 1. The third-order valence-electron chi connectivity index (χ3n) is 4.55. The van der Waals surface area contributed by atoms with Crippen molar-refractivity contribution >= 4 is 23.5 Å². The number of halogens is 4. The van der Waals surface area contributed by atoms with Gasteiger partial charge in [-0.2, -0.15) is 8.75 Å². The van der Waals surface area contributed by atoms with Crippen molar-refractivity contribution in [1.29, 1.82) is 0 Å². The molecule has 28 heavy (non-hydrogen) atoms. The first kappa shape index (κ1) is 18.9. The highest BCUT2D eigenvalue weighted by molar-refractivity contribution is 6.99. The van der Waals surface area contributed by atoms with Gasteiger partial charge >= 0.3 is 0 Å². The summed E-state index contributed by atoms with van der Waals surface area (Å²) in [5.74, 6) is -5.25. The first-order chi connectivity index (χ1) is 13.3. The number of benzene rings is 1. The number of amides is 1. The summed E-state index contributed by atoms with van der Waals surface area (Å²) in [4.78, 5) is 14.1. The van der Waals surface area contributed by atoms with E-state index in [-0.39, 0.29) is 29.9 Å². The van der Waals surface area contributed by atoms with Crippen molar-refractivity contribution in [2.24, 2.45) is 0 Å². The Balaban J connectivity index is 1.36. The number of hydrogen-bond acceptors (Lipinski definition) is 7. The maximum absolute atomic E-state index is 13.7. The number of ether oxygens (including phenoxy) is 1. The predicted octanol–water partition coefficient (Wildman–Crippen LogP) is 1.42. The Kier molecular flexibility index (Phi) is 4.83. The number of carbonyl (C=O) groups excluding carboxylic acids is 1. The molecule has 0 radical (unpaired) electrons. The fourth-order valence-corrected chi connectivity index (χ4v) is 3.57. The summed E-state index contributed by atoms with van der Waals surface area (Å²) in [6.07, 6.45) is -0.314. The molecule has 0 saturated carbocycles. The fourth-order valence-electron chi connectivity index (χ4n) is 3.00. The van der Waals surface area contributed by atoms with E-state index in [0.29, 0.717) is 13.1 Å². The second kappa shape index (κ2) is 7.17. The molecule has 4 rings (SSSR count). The van der Waals surface area contributed by atoms with Gasteiger partial charge in [0.1, 0.15) is 17.9 Å². The SMILES string of the molecule is O=C(N[C@H]1CNCC1(F)F)c1nsnc1N1CC(Oc2ccc(F)c(F)c2)C1. The third-order valence-corrected chi connectivity index (χ3v) is 5.07. The van der Waals surface area contributed by atoms with Crippen LogP contribution in [-0.2, 0) is 0 Å². The first-order valence-corrected chi connectivity index (χ1v) is 9.15. The smallest absolute Gasteiger partial charge is 0.281 e. The lowest BCUT2D eigenvalue weighted by Crippen LogP contribution is -2.55. The van der Waals surface area contributed by atoms with E-state index in [4.69, 9.17) is 4.74 Å². The molecule has 0 aliphatic carbocycles. The predicted molar refractivity (Wildman–Crippen MR) is 92.0 cm³/mol. The number of rotatable bonds is 5. The topological polar surface area (TPSA) is 79.4 Å². The second-order valence-electron chi connectivity index (χ2n) is 6.58. The van der Waals surface area contributed by atoms with Crippen LogP contribution < -0.4 is 20.3 Å². The number of aromatic nitrogens is 2. The average molecular weight is 417 g/mol. The maximum Gasteiger partial charge on any atom is 0.281 e. The lowest BCUT2D eigenvalue weighted by Gasteiger charge is -2.39. The van der Waals surface area contributed by atoms with Crippen molar-refractivity contribution in [3.8, 4) is 5.75 Å². The summed E-state index contributed by atoms with van der Waals surface area (Å²) >= 11 is 0.801. The van der Waals surface area contributed by atoms with Crippen LogP contribution in [0.3, 0.4) is 0 Å². The molecule has 150 valence electrons. The molecule has 3 heterocycles. The molecule has 0 spiro atoms. The van der Waals surface area contributed by atoms with Crippen LogP contribution >= 0.6 is 11.7 Å². The minimum absolute atomic E-state index is 0.0283. The summed E-state index contributed by atoms with van der Waals surface area (Å²) in [6, 6.07) is 1.94. The van der Waals surface area contributed by atoms with Crippen molar-refractivity contribution in [3.05, 3.63) is 35.5 Å². The molecule has 1 aromatic carbocycles. The van der Waals surface area contributed by atoms with E-state index in [9.17, 15) is 22.4 Å². The average Bonchev–Trinajstić information content (AvgIpc) is 3.20. The molecule has 2 N–H and O–H groups in total. The fraction of sp³-hybridized carbons (Fsp3) is 0.438. The number of anilines is 1. The molecular weight excluding hydrogens is 402 g/mol. The van der Waals surface area contributed by atoms with Crippen LogP contribution in [0.4, 0.5) is 23.4 Å². The third kappa shape index (κ3) is 3.61. The Labute approximate surface area is 161 Å². The highest BCUT2D eigenvalue weighted by atomic mass is 32.1. The molecule has 1 amide bonds.